The van der Waals surface area contributed by atoms with Gasteiger partial charge in [-0.1, -0.05) is 11.6 Å². The van der Waals surface area contributed by atoms with Crippen LogP contribution in [0.4, 0.5) is 0 Å². The van der Waals surface area contributed by atoms with Crippen molar-refractivity contribution in [3.63, 3.8) is 0 Å². The van der Waals surface area contributed by atoms with Crippen LogP contribution < -0.4 is 4.74 Å². The van der Waals surface area contributed by atoms with Crippen LogP contribution in [-0.4, -0.2) is 29.4 Å². The molecule has 0 amide bonds. The second-order valence-electron chi connectivity index (χ2n) is 5.62. The van der Waals surface area contributed by atoms with Crippen molar-refractivity contribution in [3.8, 4) is 5.75 Å². The molecular weight excluding hydrogens is 342 g/mol. The van der Waals surface area contributed by atoms with E-state index in [1.807, 2.05) is 6.92 Å². The molecule has 0 aliphatic heterocycles. The average molecular weight is 362 g/mol. The fraction of sp³-hybridized carbons (Fsp3) is 0.316. The first-order valence-electron chi connectivity index (χ1n) is 7.95. The highest BCUT2D eigenvalue weighted by molar-refractivity contribution is 6.32. The molecule has 2 rings (SSSR count). The summed E-state index contributed by atoms with van der Waals surface area (Å²) >= 11 is 6.05. The van der Waals surface area contributed by atoms with Gasteiger partial charge in [0.2, 0.25) is 5.78 Å². The molecule has 1 atom stereocenters. The Hall–Kier alpha value is -2.40. The lowest BCUT2D eigenvalue weighted by Gasteiger charge is -2.14. The van der Waals surface area contributed by atoms with Gasteiger partial charge in [0.1, 0.15) is 10.9 Å². The smallest absolute Gasteiger partial charge is 0.342 e. The number of aryl methyl sites for hydroxylation is 2. The summed E-state index contributed by atoms with van der Waals surface area (Å²) in [4.78, 5) is 28.9. The van der Waals surface area contributed by atoms with Crippen LogP contribution in [0.15, 0.2) is 30.3 Å². The minimum atomic E-state index is -0.942. The van der Waals surface area contributed by atoms with Gasteiger partial charge < -0.3 is 9.47 Å². The van der Waals surface area contributed by atoms with Gasteiger partial charge in [-0.25, -0.2) is 9.78 Å². The monoisotopic (exact) mass is 361 g/mol. The molecule has 0 saturated carbocycles. The number of ketones is 1. The number of esters is 1. The molecule has 0 aliphatic carbocycles. The van der Waals surface area contributed by atoms with Crippen molar-refractivity contribution in [3.05, 3.63) is 57.9 Å². The number of hydrogen-bond acceptors (Lipinski definition) is 5. The zero-order valence-electron chi connectivity index (χ0n) is 14.6. The second-order valence-corrected chi connectivity index (χ2v) is 5.97. The maximum Gasteiger partial charge on any atom is 0.342 e. The summed E-state index contributed by atoms with van der Waals surface area (Å²) in [6, 6.07) is 8.43. The van der Waals surface area contributed by atoms with E-state index >= 15 is 0 Å². The molecule has 132 valence electrons. The number of ether oxygens (including phenoxy) is 2. The molecule has 6 heteroatoms. The Morgan fingerprint density at radius 1 is 1.20 bits per heavy atom. The fourth-order valence-corrected chi connectivity index (χ4v) is 2.79. The molecule has 0 spiro atoms. The van der Waals surface area contributed by atoms with E-state index in [1.165, 1.54) is 6.92 Å². The summed E-state index contributed by atoms with van der Waals surface area (Å²) in [5.74, 6) is -0.288. The predicted octanol–water partition coefficient (Wildman–Crippen LogP) is 4.18. The molecule has 0 N–H and O–H groups in total. The van der Waals surface area contributed by atoms with Gasteiger partial charge in [0.05, 0.1) is 12.2 Å². The Labute approximate surface area is 151 Å². The Morgan fingerprint density at radius 2 is 1.84 bits per heavy atom. The standard InChI is InChI=1S/C19H20ClNO4/c1-5-24-15-8-6-14(7-9-15)17(22)13(4)25-19(23)16-11(2)10-12(3)21-18(16)20/h6-10,13H,5H2,1-4H3/t13-/m1/s1. The zero-order chi connectivity index (χ0) is 18.6. The van der Waals surface area contributed by atoms with Crippen LogP contribution in [0, 0.1) is 13.8 Å². The van der Waals surface area contributed by atoms with Gasteiger partial charge in [0.15, 0.2) is 6.10 Å². The van der Waals surface area contributed by atoms with Crippen molar-refractivity contribution in [2.75, 3.05) is 6.61 Å². The third-order valence-electron chi connectivity index (χ3n) is 3.61. The number of Topliss-reactive ketones (excluding diaryl/α,β-unsaturated/α-hetero) is 1. The number of halogens is 1. The van der Waals surface area contributed by atoms with Gasteiger partial charge >= 0.3 is 5.97 Å². The quantitative estimate of drug-likeness (QED) is 0.438. The average Bonchev–Trinajstić information content (AvgIpc) is 2.54. The van der Waals surface area contributed by atoms with E-state index in [4.69, 9.17) is 21.1 Å². The fourth-order valence-electron chi connectivity index (χ4n) is 2.43. The van der Waals surface area contributed by atoms with Crippen molar-refractivity contribution in [1.82, 2.24) is 4.98 Å². The molecule has 2 aromatic rings. The first kappa shape index (κ1) is 18.9. The van der Waals surface area contributed by atoms with Crippen molar-refractivity contribution in [2.24, 2.45) is 0 Å². The third kappa shape index (κ3) is 4.57. The van der Waals surface area contributed by atoms with Gasteiger partial charge in [-0.2, -0.15) is 0 Å². The molecule has 1 aromatic heterocycles. The molecule has 5 nitrogen and oxygen atoms in total. The van der Waals surface area contributed by atoms with Crippen molar-refractivity contribution >= 4 is 23.4 Å². The molecule has 0 bridgehead atoms. The number of nitrogens with zero attached hydrogens (tertiary/aromatic N) is 1. The van der Waals surface area contributed by atoms with E-state index in [9.17, 15) is 9.59 Å². The Morgan fingerprint density at radius 3 is 2.40 bits per heavy atom. The van der Waals surface area contributed by atoms with E-state index in [1.54, 1.807) is 44.2 Å². The maximum atomic E-state index is 12.4. The van der Waals surface area contributed by atoms with Crippen LogP contribution in [0.3, 0.4) is 0 Å². The number of carbonyl (C=O) groups excluding carboxylic acids is 2. The number of benzene rings is 1. The summed E-state index contributed by atoms with van der Waals surface area (Å²) < 4.78 is 10.6. The molecule has 0 fully saturated rings. The summed E-state index contributed by atoms with van der Waals surface area (Å²) in [5, 5.41) is 0.0724. The number of pyridine rings is 1. The van der Waals surface area contributed by atoms with E-state index in [2.05, 4.69) is 4.98 Å². The highest BCUT2D eigenvalue weighted by Crippen LogP contribution is 2.21. The summed E-state index contributed by atoms with van der Waals surface area (Å²) in [7, 11) is 0. The van der Waals surface area contributed by atoms with E-state index in [-0.39, 0.29) is 16.5 Å². The van der Waals surface area contributed by atoms with Gasteiger partial charge in [-0.3, -0.25) is 4.79 Å². The van der Waals surface area contributed by atoms with Crippen LogP contribution >= 0.6 is 11.6 Å². The largest absolute Gasteiger partial charge is 0.494 e. The maximum absolute atomic E-state index is 12.4. The molecule has 1 heterocycles. The van der Waals surface area contributed by atoms with Crippen molar-refractivity contribution < 1.29 is 19.1 Å². The lowest BCUT2D eigenvalue weighted by molar-refractivity contribution is 0.0318. The SMILES string of the molecule is CCOc1ccc(C(=O)[C@@H](C)OC(=O)c2c(C)cc(C)nc2Cl)cc1. The van der Waals surface area contributed by atoms with Gasteiger partial charge in [0, 0.05) is 11.3 Å². The molecular formula is C19H20ClNO4. The topological polar surface area (TPSA) is 65.5 Å². The molecule has 0 saturated heterocycles. The number of aromatic nitrogens is 1. The second kappa shape index (κ2) is 8.12. The van der Waals surface area contributed by atoms with E-state index in [0.29, 0.717) is 29.2 Å². The number of hydrogen-bond donors (Lipinski definition) is 0. The first-order chi connectivity index (χ1) is 11.8. The predicted molar refractivity (Wildman–Crippen MR) is 95.5 cm³/mol. The van der Waals surface area contributed by atoms with Crippen LogP contribution in [0.2, 0.25) is 5.15 Å². The summed E-state index contributed by atoms with van der Waals surface area (Å²) in [6.45, 7) is 7.49. The lowest BCUT2D eigenvalue weighted by Crippen LogP contribution is -2.25. The Bertz CT molecular complexity index is 764. The molecule has 0 unspecified atom stereocenters. The minimum absolute atomic E-state index is 0.0724. The Balaban J connectivity index is 2.12. The zero-order valence-corrected chi connectivity index (χ0v) is 15.4. The lowest BCUT2D eigenvalue weighted by atomic mass is 10.1. The molecule has 0 aliphatic rings. The van der Waals surface area contributed by atoms with E-state index < -0.39 is 12.1 Å². The Kier molecular flexibility index (Phi) is 6.15. The van der Waals surface area contributed by atoms with Gasteiger partial charge in [0.25, 0.3) is 0 Å². The first-order valence-corrected chi connectivity index (χ1v) is 8.33. The van der Waals surface area contributed by atoms with Crippen LogP contribution in [-0.2, 0) is 4.74 Å². The van der Waals surface area contributed by atoms with Crippen LogP contribution in [0.1, 0.15) is 45.8 Å². The highest BCUT2D eigenvalue weighted by Gasteiger charge is 2.23. The minimum Gasteiger partial charge on any atom is -0.494 e. The molecule has 0 radical (unpaired) electrons. The van der Waals surface area contributed by atoms with Crippen LogP contribution in [0.25, 0.3) is 0 Å². The van der Waals surface area contributed by atoms with E-state index in [0.717, 1.165) is 0 Å². The van der Waals surface area contributed by atoms with Crippen molar-refractivity contribution in [2.45, 2.75) is 33.8 Å². The highest BCUT2D eigenvalue weighted by atomic mass is 35.5. The number of rotatable bonds is 6. The van der Waals surface area contributed by atoms with Gasteiger partial charge in [-0.05, 0) is 63.6 Å². The summed E-state index contributed by atoms with van der Waals surface area (Å²) in [6.07, 6.45) is -0.942. The normalized spacial score (nSPS) is 11.7. The molecule has 25 heavy (non-hydrogen) atoms. The molecule has 1 aromatic carbocycles. The van der Waals surface area contributed by atoms with Crippen LogP contribution in [0.5, 0.6) is 5.75 Å². The number of carbonyl (C=O) groups is 2. The third-order valence-corrected chi connectivity index (χ3v) is 3.88. The summed E-state index contributed by atoms with van der Waals surface area (Å²) in [5.41, 5.74) is 1.98. The van der Waals surface area contributed by atoms with Crippen molar-refractivity contribution in [1.29, 1.82) is 0 Å². The van der Waals surface area contributed by atoms with Gasteiger partial charge in [-0.15, -0.1) is 0 Å².